The van der Waals surface area contributed by atoms with E-state index in [1.165, 1.54) is 11.1 Å². The Bertz CT molecular complexity index is 301. The van der Waals surface area contributed by atoms with E-state index in [0.29, 0.717) is 0 Å². The molecule has 0 aromatic heterocycles. The quantitative estimate of drug-likeness (QED) is 0.807. The van der Waals surface area contributed by atoms with Gasteiger partial charge in [-0.15, -0.1) is 11.8 Å². The molecule has 1 aromatic rings. The van der Waals surface area contributed by atoms with E-state index >= 15 is 0 Å². The van der Waals surface area contributed by atoms with Crippen LogP contribution in [0.5, 0.6) is 0 Å². The second kappa shape index (κ2) is 6.16. The number of aryl methyl sites for hydroxylation is 1. The zero-order valence-corrected chi connectivity index (χ0v) is 10.1. The van der Waals surface area contributed by atoms with Gasteiger partial charge in [-0.05, 0) is 19.4 Å². The average molecular weight is 225 g/mol. The van der Waals surface area contributed by atoms with Gasteiger partial charge in [0, 0.05) is 17.0 Å². The molecule has 84 valence electrons. The van der Waals surface area contributed by atoms with Gasteiger partial charge < -0.3 is 10.8 Å². The van der Waals surface area contributed by atoms with Crippen LogP contribution in [0.1, 0.15) is 23.3 Å². The largest absolute Gasteiger partial charge is 0.396 e. The third-order valence-corrected chi connectivity index (χ3v) is 3.72. The summed E-state index contributed by atoms with van der Waals surface area (Å²) in [5.74, 6) is 0.736. The Morgan fingerprint density at radius 1 is 1.47 bits per heavy atom. The lowest BCUT2D eigenvalue weighted by atomic mass is 10.0. The molecule has 0 radical (unpaired) electrons. The fourth-order valence-electron chi connectivity index (χ4n) is 1.58. The van der Waals surface area contributed by atoms with Crippen molar-refractivity contribution >= 4 is 11.8 Å². The van der Waals surface area contributed by atoms with Crippen LogP contribution in [0.2, 0.25) is 0 Å². The summed E-state index contributed by atoms with van der Waals surface area (Å²) in [4.78, 5) is 0. The Morgan fingerprint density at radius 2 is 2.20 bits per heavy atom. The van der Waals surface area contributed by atoms with Crippen LogP contribution in [0, 0.1) is 6.92 Å². The van der Waals surface area contributed by atoms with Gasteiger partial charge in [-0.2, -0.15) is 0 Å². The maximum absolute atomic E-state index is 8.84. The first-order valence-corrected chi connectivity index (χ1v) is 6.24. The molecule has 0 aliphatic heterocycles. The van der Waals surface area contributed by atoms with Crippen molar-refractivity contribution in [3.63, 3.8) is 0 Å². The van der Waals surface area contributed by atoms with E-state index in [4.69, 9.17) is 10.8 Å². The van der Waals surface area contributed by atoms with Gasteiger partial charge in [-0.1, -0.05) is 29.8 Å². The van der Waals surface area contributed by atoms with Gasteiger partial charge in [0.25, 0.3) is 0 Å². The van der Waals surface area contributed by atoms with Crippen molar-refractivity contribution < 1.29 is 5.11 Å². The van der Waals surface area contributed by atoms with Crippen LogP contribution in [-0.4, -0.2) is 23.5 Å². The molecule has 1 aromatic carbocycles. The summed E-state index contributed by atoms with van der Waals surface area (Å²) in [5.41, 5.74) is 8.46. The molecule has 0 aliphatic carbocycles. The summed E-state index contributed by atoms with van der Waals surface area (Å²) in [6.45, 7) is 4.30. The summed E-state index contributed by atoms with van der Waals surface area (Å²) in [7, 11) is 0. The molecule has 0 bridgehead atoms. The molecule has 3 N–H and O–H groups in total. The topological polar surface area (TPSA) is 46.2 Å². The van der Waals surface area contributed by atoms with Crippen molar-refractivity contribution in [3.05, 3.63) is 35.4 Å². The number of hydrogen-bond donors (Lipinski definition) is 2. The number of nitrogens with two attached hydrogens (primary N) is 1. The molecule has 0 amide bonds. The lowest BCUT2D eigenvalue weighted by molar-refractivity contribution is 0.322. The lowest BCUT2D eigenvalue weighted by Crippen LogP contribution is -2.23. The minimum Gasteiger partial charge on any atom is -0.396 e. The van der Waals surface area contributed by atoms with E-state index in [-0.39, 0.29) is 17.9 Å². The number of hydrogen-bond acceptors (Lipinski definition) is 3. The zero-order valence-electron chi connectivity index (χ0n) is 9.31. The third-order valence-electron chi connectivity index (χ3n) is 2.24. The van der Waals surface area contributed by atoms with Gasteiger partial charge in [0.15, 0.2) is 0 Å². The van der Waals surface area contributed by atoms with Gasteiger partial charge in [-0.25, -0.2) is 0 Å². The molecule has 0 saturated carbocycles. The molecular formula is C12H19NOS. The Labute approximate surface area is 95.9 Å². The summed E-state index contributed by atoms with van der Waals surface area (Å²) >= 11 is 1.72. The van der Waals surface area contributed by atoms with Gasteiger partial charge in [0.05, 0.1) is 6.61 Å². The number of rotatable bonds is 5. The number of aliphatic hydroxyl groups excluding tert-OH is 1. The van der Waals surface area contributed by atoms with Gasteiger partial charge in [0.2, 0.25) is 0 Å². The zero-order chi connectivity index (χ0) is 11.3. The minimum absolute atomic E-state index is 0.100. The summed E-state index contributed by atoms with van der Waals surface area (Å²) in [5, 5.41) is 9.11. The number of benzene rings is 1. The summed E-state index contributed by atoms with van der Waals surface area (Å²) < 4.78 is 0. The Hall–Kier alpha value is -0.510. The van der Waals surface area contributed by atoms with E-state index in [0.717, 1.165) is 5.75 Å². The molecule has 2 unspecified atom stereocenters. The van der Waals surface area contributed by atoms with Crippen molar-refractivity contribution in [2.24, 2.45) is 5.73 Å². The van der Waals surface area contributed by atoms with Crippen LogP contribution in [0.3, 0.4) is 0 Å². The number of aliphatic hydroxyl groups is 1. The second-order valence-electron chi connectivity index (χ2n) is 3.79. The Balaban J connectivity index is 2.79. The van der Waals surface area contributed by atoms with E-state index in [1.54, 1.807) is 11.8 Å². The van der Waals surface area contributed by atoms with Crippen LogP contribution >= 0.6 is 11.8 Å². The van der Waals surface area contributed by atoms with Crippen LogP contribution in [0.25, 0.3) is 0 Å². The molecule has 2 atom stereocenters. The standard InChI is InChI=1S/C12H19NOS/c1-9-4-3-5-11(8-9)12(10(2)13)15-7-6-14/h3-5,8,10,12,14H,6-7,13H2,1-2H3. The highest BCUT2D eigenvalue weighted by Crippen LogP contribution is 2.31. The van der Waals surface area contributed by atoms with Crippen molar-refractivity contribution in [2.75, 3.05) is 12.4 Å². The van der Waals surface area contributed by atoms with E-state index in [1.807, 2.05) is 6.92 Å². The Morgan fingerprint density at radius 3 is 2.73 bits per heavy atom. The molecule has 0 heterocycles. The highest BCUT2D eigenvalue weighted by Gasteiger charge is 2.16. The first-order valence-electron chi connectivity index (χ1n) is 5.19. The molecule has 0 saturated heterocycles. The van der Waals surface area contributed by atoms with E-state index in [9.17, 15) is 0 Å². The molecule has 0 fully saturated rings. The van der Waals surface area contributed by atoms with Crippen LogP contribution in [0.4, 0.5) is 0 Å². The fraction of sp³-hybridized carbons (Fsp3) is 0.500. The third kappa shape index (κ3) is 3.86. The fourth-order valence-corrected chi connectivity index (χ4v) is 2.58. The van der Waals surface area contributed by atoms with Crippen LogP contribution < -0.4 is 5.73 Å². The molecule has 0 spiro atoms. The first kappa shape index (κ1) is 12.6. The highest BCUT2D eigenvalue weighted by atomic mass is 32.2. The molecule has 1 rings (SSSR count). The van der Waals surface area contributed by atoms with Crippen molar-refractivity contribution in [1.29, 1.82) is 0 Å². The molecular weight excluding hydrogens is 206 g/mol. The Kier molecular flexibility index (Phi) is 5.15. The summed E-state index contributed by atoms with van der Waals surface area (Å²) in [6.07, 6.45) is 0. The second-order valence-corrected chi connectivity index (χ2v) is 5.04. The van der Waals surface area contributed by atoms with Crippen molar-refractivity contribution in [1.82, 2.24) is 0 Å². The smallest absolute Gasteiger partial charge is 0.0521 e. The predicted octanol–water partition coefficient (Wildman–Crippen LogP) is 2.11. The predicted molar refractivity (Wildman–Crippen MR) is 67.1 cm³/mol. The van der Waals surface area contributed by atoms with Crippen LogP contribution in [0.15, 0.2) is 24.3 Å². The average Bonchev–Trinajstić information content (AvgIpc) is 2.18. The normalized spacial score (nSPS) is 14.9. The van der Waals surface area contributed by atoms with E-state index < -0.39 is 0 Å². The number of thioether (sulfide) groups is 1. The lowest BCUT2D eigenvalue weighted by Gasteiger charge is -2.20. The minimum atomic E-state index is 0.100. The highest BCUT2D eigenvalue weighted by molar-refractivity contribution is 7.99. The molecule has 3 heteroatoms. The molecule has 15 heavy (non-hydrogen) atoms. The molecule has 0 aliphatic rings. The summed E-state index contributed by atoms with van der Waals surface area (Å²) in [6, 6.07) is 8.50. The van der Waals surface area contributed by atoms with Gasteiger partial charge >= 0.3 is 0 Å². The molecule has 2 nitrogen and oxygen atoms in total. The van der Waals surface area contributed by atoms with Crippen LogP contribution in [-0.2, 0) is 0 Å². The van der Waals surface area contributed by atoms with Gasteiger partial charge in [-0.3, -0.25) is 0 Å². The maximum atomic E-state index is 8.84. The SMILES string of the molecule is Cc1cccc(C(SCCO)C(C)N)c1. The van der Waals surface area contributed by atoms with E-state index in [2.05, 4.69) is 31.2 Å². The van der Waals surface area contributed by atoms with Crippen molar-refractivity contribution in [3.8, 4) is 0 Å². The maximum Gasteiger partial charge on any atom is 0.0521 e. The first-order chi connectivity index (χ1) is 7.15. The van der Waals surface area contributed by atoms with Gasteiger partial charge in [0.1, 0.15) is 0 Å². The monoisotopic (exact) mass is 225 g/mol. The van der Waals surface area contributed by atoms with Crippen molar-refractivity contribution in [2.45, 2.75) is 25.1 Å².